The second kappa shape index (κ2) is 41.5. The maximum absolute atomic E-state index is 12.3. The standard InChI is InChI=1S/C49H97NO4/c1-7-11-23-31-46(32-24-12-8-2)40-43-53-48(51)37-29-21-17-15-19-27-35-45(39-42-50(5)6)36-28-20-16-18-22-30-38-49(52)54-44-41-47(33-25-13-9-3)34-26-14-10-4/h45-47H,7-44H2,1-6H3. The van der Waals surface area contributed by atoms with Gasteiger partial charge in [-0.3, -0.25) is 9.59 Å². The Morgan fingerprint density at radius 3 is 0.963 bits per heavy atom. The summed E-state index contributed by atoms with van der Waals surface area (Å²) in [4.78, 5) is 27.0. The minimum atomic E-state index is 0.0179. The molecular weight excluding hydrogens is 667 g/mol. The zero-order valence-electron chi connectivity index (χ0n) is 37.7. The third kappa shape index (κ3) is 37.8. The van der Waals surface area contributed by atoms with E-state index in [-0.39, 0.29) is 11.9 Å². The Bertz CT molecular complexity index is 708. The Balaban J connectivity index is 4.00. The van der Waals surface area contributed by atoms with Crippen LogP contribution in [-0.2, 0) is 19.1 Å². The van der Waals surface area contributed by atoms with E-state index in [1.807, 2.05) is 0 Å². The number of carbonyl (C=O) groups is 2. The van der Waals surface area contributed by atoms with Gasteiger partial charge in [0.1, 0.15) is 0 Å². The summed E-state index contributed by atoms with van der Waals surface area (Å²) in [6.07, 6.45) is 42.8. The fourth-order valence-corrected chi connectivity index (χ4v) is 8.11. The van der Waals surface area contributed by atoms with Gasteiger partial charge in [-0.15, -0.1) is 0 Å². The van der Waals surface area contributed by atoms with Gasteiger partial charge in [-0.25, -0.2) is 0 Å². The summed E-state index contributed by atoms with van der Waals surface area (Å²) < 4.78 is 11.3. The van der Waals surface area contributed by atoms with E-state index in [0.29, 0.717) is 26.1 Å². The Kier molecular flexibility index (Phi) is 40.7. The lowest BCUT2D eigenvalue weighted by atomic mass is 9.91. The van der Waals surface area contributed by atoms with Crippen LogP contribution in [-0.4, -0.2) is 50.7 Å². The second-order valence-electron chi connectivity index (χ2n) is 17.5. The van der Waals surface area contributed by atoms with Crippen LogP contribution in [0.3, 0.4) is 0 Å². The van der Waals surface area contributed by atoms with Crippen molar-refractivity contribution in [3.8, 4) is 0 Å². The normalized spacial score (nSPS) is 11.8. The summed E-state index contributed by atoms with van der Waals surface area (Å²) in [6, 6.07) is 0. The molecule has 0 radical (unpaired) electrons. The largest absolute Gasteiger partial charge is 0.466 e. The molecule has 0 rings (SSSR count). The highest BCUT2D eigenvalue weighted by molar-refractivity contribution is 5.69. The van der Waals surface area contributed by atoms with Gasteiger partial charge in [0.25, 0.3) is 0 Å². The van der Waals surface area contributed by atoms with E-state index in [1.54, 1.807) is 0 Å². The Morgan fingerprint density at radius 2 is 0.648 bits per heavy atom. The molecule has 0 heterocycles. The number of rotatable bonds is 43. The maximum atomic E-state index is 12.3. The summed E-state index contributed by atoms with van der Waals surface area (Å²) in [5.41, 5.74) is 0. The van der Waals surface area contributed by atoms with Gasteiger partial charge in [0.15, 0.2) is 0 Å². The number of hydrogen-bond donors (Lipinski definition) is 0. The van der Waals surface area contributed by atoms with Gasteiger partial charge in [-0.05, 0) is 70.5 Å². The molecule has 322 valence electrons. The summed E-state index contributed by atoms with van der Waals surface area (Å²) in [5.74, 6) is 2.33. The molecule has 5 nitrogen and oxygen atoms in total. The number of unbranched alkanes of at least 4 members (excludes halogenated alkanes) is 18. The monoisotopic (exact) mass is 764 g/mol. The molecule has 0 saturated carbocycles. The Morgan fingerprint density at radius 1 is 0.370 bits per heavy atom. The molecule has 0 aromatic rings. The van der Waals surface area contributed by atoms with Crippen LogP contribution in [0.2, 0.25) is 0 Å². The van der Waals surface area contributed by atoms with E-state index in [2.05, 4.69) is 46.7 Å². The van der Waals surface area contributed by atoms with Crippen molar-refractivity contribution < 1.29 is 19.1 Å². The molecule has 0 bridgehead atoms. The Hall–Kier alpha value is -1.10. The van der Waals surface area contributed by atoms with E-state index in [9.17, 15) is 9.59 Å². The fraction of sp³-hybridized carbons (Fsp3) is 0.959. The van der Waals surface area contributed by atoms with Gasteiger partial charge in [0, 0.05) is 12.8 Å². The van der Waals surface area contributed by atoms with E-state index < -0.39 is 0 Å². The number of esters is 2. The molecule has 0 aliphatic rings. The van der Waals surface area contributed by atoms with Crippen LogP contribution in [0.25, 0.3) is 0 Å². The number of nitrogens with zero attached hydrogens (tertiary/aromatic N) is 1. The van der Waals surface area contributed by atoms with Crippen LogP contribution >= 0.6 is 0 Å². The molecule has 0 spiro atoms. The molecule has 0 saturated heterocycles. The SMILES string of the molecule is CCCCCC(CCCCC)CCOC(=O)CCCCCCCCC(CCCCCCCCC(=O)OCCC(CCCCC)CCCCC)CCN(C)C. The zero-order valence-corrected chi connectivity index (χ0v) is 37.7. The highest BCUT2D eigenvalue weighted by Crippen LogP contribution is 2.24. The quantitative estimate of drug-likeness (QED) is 0.0457. The Labute approximate surface area is 339 Å². The van der Waals surface area contributed by atoms with Gasteiger partial charge < -0.3 is 14.4 Å². The fourth-order valence-electron chi connectivity index (χ4n) is 8.11. The predicted molar refractivity (Wildman–Crippen MR) is 235 cm³/mol. The molecular formula is C49H97NO4. The number of carbonyl (C=O) groups excluding carboxylic acids is 2. The van der Waals surface area contributed by atoms with Crippen molar-refractivity contribution in [2.24, 2.45) is 17.8 Å². The van der Waals surface area contributed by atoms with Crippen molar-refractivity contribution in [3.05, 3.63) is 0 Å². The second-order valence-corrected chi connectivity index (χ2v) is 17.5. The minimum Gasteiger partial charge on any atom is -0.466 e. The van der Waals surface area contributed by atoms with Crippen LogP contribution in [0.4, 0.5) is 0 Å². The van der Waals surface area contributed by atoms with Gasteiger partial charge >= 0.3 is 11.9 Å². The molecule has 0 aromatic heterocycles. The highest BCUT2D eigenvalue weighted by atomic mass is 16.5. The van der Waals surface area contributed by atoms with Crippen molar-refractivity contribution in [1.29, 1.82) is 0 Å². The van der Waals surface area contributed by atoms with Gasteiger partial charge in [0.2, 0.25) is 0 Å². The lowest BCUT2D eigenvalue weighted by molar-refractivity contribution is -0.145. The third-order valence-electron chi connectivity index (χ3n) is 11.9. The van der Waals surface area contributed by atoms with Crippen molar-refractivity contribution in [3.63, 3.8) is 0 Å². The van der Waals surface area contributed by atoms with Crippen LogP contribution in [0.1, 0.15) is 252 Å². The van der Waals surface area contributed by atoms with Crippen LogP contribution < -0.4 is 0 Å². The van der Waals surface area contributed by atoms with Crippen molar-refractivity contribution in [1.82, 2.24) is 4.90 Å². The molecule has 0 unspecified atom stereocenters. The average molecular weight is 764 g/mol. The molecule has 0 aromatic carbocycles. The smallest absolute Gasteiger partial charge is 0.305 e. The van der Waals surface area contributed by atoms with Crippen molar-refractivity contribution in [2.45, 2.75) is 252 Å². The molecule has 0 aliphatic carbocycles. The highest BCUT2D eigenvalue weighted by Gasteiger charge is 2.13. The number of ether oxygens (including phenoxy) is 2. The zero-order chi connectivity index (χ0) is 39.7. The summed E-state index contributed by atoms with van der Waals surface area (Å²) in [6.45, 7) is 11.5. The van der Waals surface area contributed by atoms with Gasteiger partial charge in [-0.1, -0.05) is 207 Å². The van der Waals surface area contributed by atoms with Crippen LogP contribution in [0.15, 0.2) is 0 Å². The lowest BCUT2D eigenvalue weighted by Crippen LogP contribution is -2.17. The van der Waals surface area contributed by atoms with E-state index in [0.717, 1.165) is 56.3 Å². The molecule has 0 amide bonds. The summed E-state index contributed by atoms with van der Waals surface area (Å²) in [5, 5.41) is 0. The minimum absolute atomic E-state index is 0.0179. The molecule has 0 aliphatic heterocycles. The first-order valence-corrected chi connectivity index (χ1v) is 24.3. The van der Waals surface area contributed by atoms with Gasteiger partial charge in [0.05, 0.1) is 13.2 Å². The van der Waals surface area contributed by atoms with Crippen molar-refractivity contribution >= 4 is 11.9 Å². The molecule has 54 heavy (non-hydrogen) atoms. The van der Waals surface area contributed by atoms with Crippen molar-refractivity contribution in [2.75, 3.05) is 33.9 Å². The van der Waals surface area contributed by atoms with E-state index >= 15 is 0 Å². The summed E-state index contributed by atoms with van der Waals surface area (Å²) in [7, 11) is 4.39. The summed E-state index contributed by atoms with van der Waals surface area (Å²) >= 11 is 0. The molecule has 0 fully saturated rings. The lowest BCUT2D eigenvalue weighted by Gasteiger charge is -2.19. The average Bonchev–Trinajstić information content (AvgIpc) is 3.15. The maximum Gasteiger partial charge on any atom is 0.305 e. The third-order valence-corrected chi connectivity index (χ3v) is 11.9. The van der Waals surface area contributed by atoms with Crippen LogP contribution in [0.5, 0.6) is 0 Å². The topological polar surface area (TPSA) is 55.8 Å². The first-order valence-electron chi connectivity index (χ1n) is 24.3. The molecule has 5 heteroatoms. The predicted octanol–water partition coefficient (Wildman–Crippen LogP) is 15.2. The van der Waals surface area contributed by atoms with Crippen LogP contribution in [0, 0.1) is 17.8 Å². The molecule has 0 N–H and O–H groups in total. The molecule has 0 atom stereocenters. The number of hydrogen-bond acceptors (Lipinski definition) is 5. The van der Waals surface area contributed by atoms with E-state index in [1.165, 1.54) is 180 Å². The van der Waals surface area contributed by atoms with E-state index in [4.69, 9.17) is 9.47 Å². The first-order chi connectivity index (χ1) is 26.4. The first kappa shape index (κ1) is 52.9. The van der Waals surface area contributed by atoms with Gasteiger partial charge in [-0.2, -0.15) is 0 Å².